The molecule has 1 aliphatic carbocycles. The summed E-state index contributed by atoms with van der Waals surface area (Å²) in [4.78, 5) is 17.5. The van der Waals surface area contributed by atoms with E-state index < -0.39 is 0 Å². The van der Waals surface area contributed by atoms with Crippen molar-refractivity contribution in [3.63, 3.8) is 0 Å². The lowest BCUT2D eigenvalue weighted by Crippen LogP contribution is -2.20. The van der Waals surface area contributed by atoms with Gasteiger partial charge in [0, 0.05) is 29.2 Å². The molecule has 1 unspecified atom stereocenters. The smallest absolute Gasteiger partial charge is 0.221 e. The van der Waals surface area contributed by atoms with Crippen molar-refractivity contribution in [3.8, 4) is 11.4 Å². The lowest BCUT2D eigenvalue weighted by Gasteiger charge is -2.26. The van der Waals surface area contributed by atoms with Crippen molar-refractivity contribution in [2.45, 2.75) is 25.3 Å². The quantitative estimate of drug-likeness (QED) is 0.771. The number of fused-ring (bicyclic) bond motifs is 1. The Bertz CT molecular complexity index is 849. The van der Waals surface area contributed by atoms with Gasteiger partial charge in [-0.1, -0.05) is 30.3 Å². The highest BCUT2D eigenvalue weighted by Gasteiger charge is 2.22. The average Bonchev–Trinajstić information content (AvgIpc) is 2.62. The Kier molecular flexibility index (Phi) is 3.78. The van der Waals surface area contributed by atoms with Gasteiger partial charge in [-0.3, -0.25) is 0 Å². The van der Waals surface area contributed by atoms with Crippen LogP contribution in [0.5, 0.6) is 0 Å². The zero-order chi connectivity index (χ0) is 16.4. The van der Waals surface area contributed by atoms with E-state index >= 15 is 0 Å². The second kappa shape index (κ2) is 6.23. The number of benzene rings is 1. The summed E-state index contributed by atoms with van der Waals surface area (Å²) in [5, 5.41) is 3.43. The van der Waals surface area contributed by atoms with Crippen LogP contribution in [-0.4, -0.2) is 19.9 Å². The topological polar surface area (TPSA) is 89.6 Å². The number of aromatic nitrogens is 4. The summed E-state index contributed by atoms with van der Waals surface area (Å²) in [6.45, 7) is 0. The van der Waals surface area contributed by atoms with E-state index in [9.17, 15) is 0 Å². The number of hydrogen-bond acceptors (Lipinski definition) is 6. The van der Waals surface area contributed by atoms with E-state index in [1.54, 1.807) is 6.20 Å². The summed E-state index contributed by atoms with van der Waals surface area (Å²) < 4.78 is 0. The molecular weight excluding hydrogens is 300 g/mol. The number of hydrogen-bond donors (Lipinski definition) is 2. The molecule has 0 amide bonds. The molecule has 3 N–H and O–H groups in total. The van der Waals surface area contributed by atoms with Gasteiger partial charge in [-0.2, -0.15) is 4.98 Å². The van der Waals surface area contributed by atoms with Crippen LogP contribution in [0.3, 0.4) is 0 Å². The normalized spacial score (nSPS) is 16.4. The van der Waals surface area contributed by atoms with Crippen LogP contribution in [0.25, 0.3) is 11.4 Å². The maximum Gasteiger partial charge on any atom is 0.221 e. The zero-order valence-corrected chi connectivity index (χ0v) is 13.2. The molecule has 0 aliphatic heterocycles. The lowest BCUT2D eigenvalue weighted by molar-refractivity contribution is 0.583. The van der Waals surface area contributed by atoms with Crippen LogP contribution in [0, 0.1) is 0 Å². The molecule has 1 aromatic carbocycles. The molecule has 0 saturated carbocycles. The van der Waals surface area contributed by atoms with E-state index in [4.69, 9.17) is 10.7 Å². The highest BCUT2D eigenvalue weighted by atomic mass is 15.1. The zero-order valence-electron chi connectivity index (χ0n) is 13.2. The number of nitrogen functional groups attached to an aromatic ring is 1. The fourth-order valence-corrected chi connectivity index (χ4v) is 3.06. The largest absolute Gasteiger partial charge is 0.368 e. The van der Waals surface area contributed by atoms with Crippen molar-refractivity contribution in [2.75, 3.05) is 11.1 Å². The molecular formula is C18H18N6. The Morgan fingerprint density at radius 2 is 1.92 bits per heavy atom. The van der Waals surface area contributed by atoms with Crippen molar-refractivity contribution in [2.24, 2.45) is 0 Å². The van der Waals surface area contributed by atoms with Crippen LogP contribution in [0.1, 0.15) is 30.1 Å². The minimum absolute atomic E-state index is 0.146. The lowest BCUT2D eigenvalue weighted by atomic mass is 9.92. The van der Waals surface area contributed by atoms with Gasteiger partial charge in [0.1, 0.15) is 5.82 Å². The van der Waals surface area contributed by atoms with Crippen LogP contribution in [0.2, 0.25) is 0 Å². The molecule has 2 aromatic heterocycles. The summed E-state index contributed by atoms with van der Waals surface area (Å²) in [6, 6.07) is 12.0. The molecule has 0 radical (unpaired) electrons. The van der Waals surface area contributed by atoms with Crippen molar-refractivity contribution in [1.29, 1.82) is 0 Å². The highest BCUT2D eigenvalue weighted by Crippen LogP contribution is 2.31. The molecule has 24 heavy (non-hydrogen) atoms. The molecule has 6 nitrogen and oxygen atoms in total. The van der Waals surface area contributed by atoms with Gasteiger partial charge in [0.25, 0.3) is 0 Å². The van der Waals surface area contributed by atoms with Crippen molar-refractivity contribution in [3.05, 3.63) is 60.0 Å². The molecule has 1 aliphatic rings. The van der Waals surface area contributed by atoms with Crippen molar-refractivity contribution < 1.29 is 0 Å². The predicted molar refractivity (Wildman–Crippen MR) is 93.2 cm³/mol. The van der Waals surface area contributed by atoms with Gasteiger partial charge in [-0.05, 0) is 25.3 Å². The van der Waals surface area contributed by atoms with E-state index in [2.05, 4.69) is 20.3 Å². The third kappa shape index (κ3) is 2.90. The molecule has 0 fully saturated rings. The first-order valence-corrected chi connectivity index (χ1v) is 8.06. The second-order valence-electron chi connectivity index (χ2n) is 5.85. The molecule has 0 spiro atoms. The number of rotatable bonds is 3. The van der Waals surface area contributed by atoms with Crippen LogP contribution < -0.4 is 11.1 Å². The second-order valence-corrected chi connectivity index (χ2v) is 5.85. The van der Waals surface area contributed by atoms with Gasteiger partial charge in [0.2, 0.25) is 5.95 Å². The minimum Gasteiger partial charge on any atom is -0.368 e. The van der Waals surface area contributed by atoms with Gasteiger partial charge in [-0.25, -0.2) is 15.0 Å². The fourth-order valence-electron chi connectivity index (χ4n) is 3.06. The molecule has 120 valence electrons. The number of anilines is 2. The Morgan fingerprint density at radius 1 is 1.04 bits per heavy atom. The standard InChI is InChI=1S/C18H18N6/c19-18-20-10-9-16(24-18)22-14-7-4-8-15-13(14)11-21-17(23-15)12-5-2-1-3-6-12/h1-3,5-6,9-11,14H,4,7-8H2,(H3,19,20,22,24). The first-order chi connectivity index (χ1) is 11.8. The number of nitrogens with two attached hydrogens (primary N) is 1. The summed E-state index contributed by atoms with van der Waals surface area (Å²) in [7, 11) is 0. The van der Waals surface area contributed by atoms with E-state index in [-0.39, 0.29) is 12.0 Å². The number of aryl methyl sites for hydroxylation is 1. The van der Waals surface area contributed by atoms with Crippen molar-refractivity contribution in [1.82, 2.24) is 19.9 Å². The molecule has 1 atom stereocenters. The Balaban J connectivity index is 1.63. The number of nitrogens with one attached hydrogen (secondary N) is 1. The van der Waals surface area contributed by atoms with E-state index in [1.165, 1.54) is 0 Å². The fraction of sp³-hybridized carbons (Fsp3) is 0.222. The highest BCUT2D eigenvalue weighted by molar-refractivity contribution is 5.55. The summed E-state index contributed by atoms with van der Waals surface area (Å²) in [6.07, 6.45) is 6.67. The monoisotopic (exact) mass is 318 g/mol. The summed E-state index contributed by atoms with van der Waals surface area (Å²) in [5.41, 5.74) is 8.94. The van der Waals surface area contributed by atoms with Gasteiger partial charge < -0.3 is 11.1 Å². The van der Waals surface area contributed by atoms with Gasteiger partial charge >= 0.3 is 0 Å². The maximum atomic E-state index is 5.66. The van der Waals surface area contributed by atoms with Crippen LogP contribution >= 0.6 is 0 Å². The van der Waals surface area contributed by atoms with Gasteiger partial charge in [0.15, 0.2) is 5.82 Å². The molecule has 0 saturated heterocycles. The van der Waals surface area contributed by atoms with Crippen molar-refractivity contribution >= 4 is 11.8 Å². The molecule has 4 rings (SSSR count). The molecule has 6 heteroatoms. The Labute approximate surface area is 140 Å². The van der Waals surface area contributed by atoms with E-state index in [0.717, 1.165) is 47.7 Å². The van der Waals surface area contributed by atoms with Gasteiger partial charge in [-0.15, -0.1) is 0 Å². The van der Waals surface area contributed by atoms with Crippen LogP contribution in [-0.2, 0) is 6.42 Å². The summed E-state index contributed by atoms with van der Waals surface area (Å²) in [5.74, 6) is 1.78. The minimum atomic E-state index is 0.146. The molecule has 2 heterocycles. The van der Waals surface area contributed by atoms with E-state index in [1.807, 2.05) is 42.6 Å². The average molecular weight is 318 g/mol. The Hall–Kier alpha value is -3.02. The first-order valence-electron chi connectivity index (χ1n) is 8.06. The third-order valence-electron chi connectivity index (χ3n) is 4.21. The molecule has 3 aromatic rings. The molecule has 0 bridgehead atoms. The Morgan fingerprint density at radius 3 is 2.75 bits per heavy atom. The number of nitrogens with zero attached hydrogens (tertiary/aromatic N) is 4. The van der Waals surface area contributed by atoms with Gasteiger partial charge in [0.05, 0.1) is 6.04 Å². The maximum absolute atomic E-state index is 5.66. The first kappa shape index (κ1) is 14.6. The van der Waals surface area contributed by atoms with Crippen LogP contribution in [0.4, 0.5) is 11.8 Å². The SMILES string of the molecule is Nc1nccc(NC2CCCc3nc(-c4ccccc4)ncc32)n1. The van der Waals surface area contributed by atoms with Crippen LogP contribution in [0.15, 0.2) is 48.8 Å². The van der Waals surface area contributed by atoms with E-state index in [0.29, 0.717) is 0 Å². The summed E-state index contributed by atoms with van der Waals surface area (Å²) >= 11 is 0. The third-order valence-corrected chi connectivity index (χ3v) is 4.21. The predicted octanol–water partition coefficient (Wildman–Crippen LogP) is 3.01.